The van der Waals surface area contributed by atoms with Crippen LogP contribution in [0.15, 0.2) is 18.2 Å². The highest BCUT2D eigenvalue weighted by Crippen LogP contribution is 2.33. The third kappa shape index (κ3) is 2.58. The van der Waals surface area contributed by atoms with Crippen molar-refractivity contribution in [3.63, 3.8) is 0 Å². The van der Waals surface area contributed by atoms with Crippen molar-refractivity contribution in [2.24, 2.45) is 5.92 Å². The lowest BCUT2D eigenvalue weighted by Crippen LogP contribution is -2.41. The summed E-state index contributed by atoms with van der Waals surface area (Å²) in [6, 6.07) is 6.39. The van der Waals surface area contributed by atoms with Crippen molar-refractivity contribution in [3.8, 4) is 0 Å². The van der Waals surface area contributed by atoms with Crippen molar-refractivity contribution in [3.05, 3.63) is 28.8 Å². The lowest BCUT2D eigenvalue weighted by atomic mass is 9.94. The fourth-order valence-electron chi connectivity index (χ4n) is 2.60. The van der Waals surface area contributed by atoms with E-state index < -0.39 is 0 Å². The van der Waals surface area contributed by atoms with Crippen molar-refractivity contribution in [1.82, 2.24) is 0 Å². The van der Waals surface area contributed by atoms with Crippen LogP contribution in [0.2, 0.25) is 5.02 Å². The van der Waals surface area contributed by atoms with Gasteiger partial charge in [-0.15, -0.1) is 0 Å². The molecule has 1 N–H and O–H groups in total. The topological polar surface area (TPSA) is 23.5 Å². The molecule has 0 spiro atoms. The van der Waals surface area contributed by atoms with Gasteiger partial charge in [0, 0.05) is 28.9 Å². The maximum absolute atomic E-state index is 9.47. The number of nitrogens with zero attached hydrogens (tertiary/aromatic N) is 1. The monoisotopic (exact) mass is 253 g/mol. The zero-order valence-corrected chi connectivity index (χ0v) is 11.2. The van der Waals surface area contributed by atoms with Gasteiger partial charge in [-0.2, -0.15) is 0 Å². The second-order valence-corrected chi connectivity index (χ2v) is 5.49. The summed E-state index contributed by atoms with van der Waals surface area (Å²) in [6.45, 7) is 5.58. The summed E-state index contributed by atoms with van der Waals surface area (Å²) in [7, 11) is 0. The molecule has 1 heterocycles. The largest absolute Gasteiger partial charge is 0.392 e. The summed E-state index contributed by atoms with van der Waals surface area (Å²) >= 11 is 6.15. The molecule has 1 aliphatic heterocycles. The van der Waals surface area contributed by atoms with E-state index in [1.807, 2.05) is 12.1 Å². The first-order chi connectivity index (χ1) is 8.13. The summed E-state index contributed by atoms with van der Waals surface area (Å²) in [5.74, 6) is 0.705. The number of aliphatic hydroxyl groups is 1. The molecule has 1 aromatic rings. The summed E-state index contributed by atoms with van der Waals surface area (Å²) in [6.07, 6.45) is 2.49. The number of halogens is 1. The Labute approximate surface area is 108 Å². The summed E-state index contributed by atoms with van der Waals surface area (Å²) in [5.41, 5.74) is 1.95. The van der Waals surface area contributed by atoms with Gasteiger partial charge in [-0.1, -0.05) is 24.6 Å². The maximum Gasteiger partial charge on any atom is 0.0716 e. The third-order valence-corrected chi connectivity index (χ3v) is 4.03. The van der Waals surface area contributed by atoms with Crippen LogP contribution in [0.3, 0.4) is 0 Å². The first-order valence-electron chi connectivity index (χ1n) is 6.28. The predicted molar refractivity (Wildman–Crippen MR) is 72.6 cm³/mol. The van der Waals surface area contributed by atoms with Crippen LogP contribution in [-0.4, -0.2) is 17.7 Å². The fourth-order valence-corrected chi connectivity index (χ4v) is 2.83. The van der Waals surface area contributed by atoms with Crippen LogP contribution in [0.25, 0.3) is 0 Å². The van der Waals surface area contributed by atoms with Gasteiger partial charge in [-0.3, -0.25) is 0 Å². The van der Waals surface area contributed by atoms with E-state index in [1.54, 1.807) is 0 Å². The lowest BCUT2D eigenvalue weighted by Gasteiger charge is -2.39. The molecule has 0 aliphatic carbocycles. The van der Waals surface area contributed by atoms with Crippen molar-refractivity contribution in [1.29, 1.82) is 0 Å². The second kappa shape index (κ2) is 5.28. The Bertz CT molecular complexity index is 394. The maximum atomic E-state index is 9.47. The van der Waals surface area contributed by atoms with Gasteiger partial charge >= 0.3 is 0 Å². The highest BCUT2D eigenvalue weighted by Gasteiger charge is 2.25. The van der Waals surface area contributed by atoms with Crippen molar-refractivity contribution < 1.29 is 5.11 Å². The molecule has 17 heavy (non-hydrogen) atoms. The van der Waals surface area contributed by atoms with Gasteiger partial charge in [0.1, 0.15) is 0 Å². The van der Waals surface area contributed by atoms with Gasteiger partial charge in [0.05, 0.1) is 6.61 Å². The highest BCUT2D eigenvalue weighted by atomic mass is 35.5. The number of aliphatic hydroxyl groups excluding tert-OH is 1. The van der Waals surface area contributed by atoms with E-state index in [1.165, 1.54) is 12.8 Å². The number of hydrogen-bond acceptors (Lipinski definition) is 2. The minimum Gasteiger partial charge on any atom is -0.392 e. The molecule has 3 heteroatoms. The summed E-state index contributed by atoms with van der Waals surface area (Å²) in [4.78, 5) is 2.38. The Morgan fingerprint density at radius 2 is 2.12 bits per heavy atom. The predicted octanol–water partition coefficient (Wildman–Crippen LogP) is 3.46. The minimum absolute atomic E-state index is 0.00656. The molecule has 0 aromatic heterocycles. The van der Waals surface area contributed by atoms with Crippen LogP contribution in [0, 0.1) is 5.92 Å². The first kappa shape index (κ1) is 12.7. The van der Waals surface area contributed by atoms with Crippen LogP contribution in [0.1, 0.15) is 32.3 Å². The molecular weight excluding hydrogens is 234 g/mol. The number of piperidine rings is 1. The van der Waals surface area contributed by atoms with Gasteiger partial charge in [0.25, 0.3) is 0 Å². The molecule has 0 amide bonds. The zero-order chi connectivity index (χ0) is 12.4. The van der Waals surface area contributed by atoms with Gasteiger partial charge < -0.3 is 10.0 Å². The van der Waals surface area contributed by atoms with Crippen LogP contribution in [0.5, 0.6) is 0 Å². The van der Waals surface area contributed by atoms with Gasteiger partial charge in [0.15, 0.2) is 0 Å². The number of benzene rings is 1. The number of hydrogen-bond donors (Lipinski definition) is 1. The van der Waals surface area contributed by atoms with Gasteiger partial charge in [0.2, 0.25) is 0 Å². The Balaban J connectivity index is 2.35. The van der Waals surface area contributed by atoms with Gasteiger partial charge in [-0.05, 0) is 37.8 Å². The smallest absolute Gasteiger partial charge is 0.0716 e. The molecule has 0 saturated carbocycles. The molecule has 2 rings (SSSR count). The fraction of sp³-hybridized carbons (Fsp3) is 0.571. The van der Waals surface area contributed by atoms with Crippen LogP contribution >= 0.6 is 11.6 Å². The van der Waals surface area contributed by atoms with Crippen LogP contribution in [0.4, 0.5) is 5.69 Å². The van der Waals surface area contributed by atoms with E-state index in [2.05, 4.69) is 24.8 Å². The molecule has 2 atom stereocenters. The quantitative estimate of drug-likeness (QED) is 0.873. The second-order valence-electron chi connectivity index (χ2n) is 5.08. The lowest BCUT2D eigenvalue weighted by molar-refractivity contribution is 0.281. The number of anilines is 1. The Hall–Kier alpha value is -0.730. The van der Waals surface area contributed by atoms with E-state index in [9.17, 15) is 5.11 Å². The summed E-state index contributed by atoms with van der Waals surface area (Å²) < 4.78 is 0. The molecule has 1 aromatic carbocycles. The van der Waals surface area contributed by atoms with Crippen molar-refractivity contribution in [2.75, 3.05) is 11.4 Å². The molecule has 2 unspecified atom stereocenters. The Morgan fingerprint density at radius 1 is 1.35 bits per heavy atom. The molecule has 94 valence electrons. The van der Waals surface area contributed by atoms with E-state index >= 15 is 0 Å². The SMILES string of the molecule is CC1CCC(C)N(c2cccc(Cl)c2CO)C1. The molecule has 1 aliphatic rings. The average Bonchev–Trinajstić information content (AvgIpc) is 2.32. The number of rotatable bonds is 2. The standard InChI is InChI=1S/C14H20ClNO/c1-10-6-7-11(2)16(8-10)14-5-3-4-13(15)12(14)9-17/h3-5,10-11,17H,6-9H2,1-2H3. The van der Waals surface area contributed by atoms with Crippen molar-refractivity contribution >= 4 is 17.3 Å². The van der Waals surface area contributed by atoms with E-state index in [-0.39, 0.29) is 6.61 Å². The molecule has 0 bridgehead atoms. The molecule has 0 radical (unpaired) electrons. The minimum atomic E-state index is 0.00656. The Kier molecular flexibility index (Phi) is 3.95. The molecular formula is C14H20ClNO. The van der Waals surface area contributed by atoms with E-state index in [4.69, 9.17) is 11.6 Å². The molecule has 1 saturated heterocycles. The normalized spacial score (nSPS) is 25.1. The Morgan fingerprint density at radius 3 is 2.82 bits per heavy atom. The van der Waals surface area contributed by atoms with Crippen molar-refractivity contribution in [2.45, 2.75) is 39.3 Å². The highest BCUT2D eigenvalue weighted by molar-refractivity contribution is 6.31. The molecule has 2 nitrogen and oxygen atoms in total. The zero-order valence-electron chi connectivity index (χ0n) is 10.5. The van der Waals surface area contributed by atoms with Crippen LogP contribution < -0.4 is 4.90 Å². The summed E-state index contributed by atoms with van der Waals surface area (Å²) in [5, 5.41) is 10.1. The molecule has 1 fully saturated rings. The van der Waals surface area contributed by atoms with Crippen LogP contribution in [-0.2, 0) is 6.61 Å². The van der Waals surface area contributed by atoms with E-state index in [0.717, 1.165) is 17.8 Å². The first-order valence-corrected chi connectivity index (χ1v) is 6.66. The van der Waals surface area contributed by atoms with Gasteiger partial charge in [-0.25, -0.2) is 0 Å². The van der Waals surface area contributed by atoms with E-state index in [0.29, 0.717) is 17.0 Å². The average molecular weight is 254 g/mol. The third-order valence-electron chi connectivity index (χ3n) is 3.68.